The number of rotatable bonds is 26. The Labute approximate surface area is 770 Å². The molecule has 5 aromatic rings. The molecule has 0 bridgehead atoms. The van der Waals surface area contributed by atoms with E-state index < -0.39 is 279 Å². The van der Waals surface area contributed by atoms with Crippen LogP contribution in [-0.2, 0) is 117 Å². The molecule has 17 amide bonds. The van der Waals surface area contributed by atoms with Crippen LogP contribution in [0.5, 0.6) is 5.75 Å². The summed E-state index contributed by atoms with van der Waals surface area (Å²) in [7, 11) is 3.78. The van der Waals surface area contributed by atoms with Crippen molar-refractivity contribution < 1.29 is 112 Å². The molecule has 724 valence electrons. The van der Waals surface area contributed by atoms with Gasteiger partial charge in [0.2, 0.25) is 100 Å². The van der Waals surface area contributed by atoms with Gasteiger partial charge in [-0.15, -0.1) is 11.8 Å². The number of aromatic amines is 1. The molecule has 5 heterocycles. The van der Waals surface area contributed by atoms with E-state index in [1.807, 2.05) is 6.92 Å². The highest BCUT2D eigenvalue weighted by Crippen LogP contribution is 2.29. The van der Waals surface area contributed by atoms with E-state index in [9.17, 15) is 82.8 Å². The number of H-pyrrole nitrogens is 1. The number of para-hydroxylation sites is 2. The number of nitrogens with two attached hydrogens (primary N) is 5. The quantitative estimate of drug-likeness (QED) is 0.0246. The Morgan fingerprint density at radius 1 is 0.526 bits per heavy atom. The Morgan fingerprint density at radius 3 is 1.71 bits per heavy atom. The fraction of sp³-hybridized carbons (Fsp3) is 0.529. The molecule has 45 nitrogen and oxygen atoms in total. The first kappa shape index (κ1) is 105. The van der Waals surface area contributed by atoms with Crippen molar-refractivity contribution in [2.24, 2.45) is 28.7 Å². The van der Waals surface area contributed by atoms with Crippen LogP contribution in [0.1, 0.15) is 121 Å². The van der Waals surface area contributed by atoms with Crippen molar-refractivity contribution in [3.63, 3.8) is 0 Å². The van der Waals surface area contributed by atoms with Gasteiger partial charge in [0.05, 0.1) is 24.8 Å². The van der Waals surface area contributed by atoms with E-state index in [1.165, 1.54) is 63.1 Å². The van der Waals surface area contributed by atoms with Crippen LogP contribution in [-0.4, -0.2) is 329 Å². The van der Waals surface area contributed by atoms with Crippen molar-refractivity contribution >= 4 is 146 Å². The molecule has 133 heavy (non-hydrogen) atoms. The van der Waals surface area contributed by atoms with E-state index in [0.29, 0.717) is 57.8 Å². The molecule has 1 unspecified atom stereocenters. The summed E-state index contributed by atoms with van der Waals surface area (Å²) < 4.78 is 1.41. The molecular weight excluding hydrogens is 1750 g/mol. The number of nitrogens with zero attached hydrogens (tertiary/aromatic N) is 6. The lowest BCUT2D eigenvalue weighted by Crippen LogP contribution is -2.62. The first-order chi connectivity index (χ1) is 63.2. The van der Waals surface area contributed by atoms with Crippen LogP contribution in [0.2, 0.25) is 0 Å². The number of carboxylic acid groups (broad SMARTS) is 2. The summed E-state index contributed by atoms with van der Waals surface area (Å²) in [5, 5.41) is 68.1. The molecule has 0 radical (unpaired) electrons. The number of fused-ring (bicyclic) bond motifs is 4. The third kappa shape index (κ3) is 28.8. The Balaban J connectivity index is 1.20. The number of unbranched alkanes of at least 4 members (excludes halogenated alkanes) is 2. The summed E-state index contributed by atoms with van der Waals surface area (Å²) in [4.78, 5) is 280. The van der Waals surface area contributed by atoms with Gasteiger partial charge in [0.25, 0.3) is 0 Å². The monoisotopic (exact) mass is 1870 g/mol. The molecule has 15 atom stereocenters. The number of carbonyl (C=O) groups is 19. The van der Waals surface area contributed by atoms with Crippen molar-refractivity contribution in [3.8, 4) is 5.75 Å². The SMILES string of the molecule is CCCC[C@H]1C(=O)N(C)[C@@H](CCCC)C(=O)N[C@@H](CN)C(=O)N[C@H](C(=O)NCC(N)=O)CSCC(=O)N[C@@H](Cc2ccc(O)cc2)C(=O)N(C)[C@@H](C)C(=O)N[C@@H](CC(N)=O)C(=O)N2CCC[C@H]2C(=O)N[C@@H](CN)C(=O)N[C@@H](CCC(=O)O)C(=O)N2C[C@H](O)C[C@H]2C(=O)N[C@@H](Cc2c[nH]c3ccccc23)C(=O)N[C@@H](CCN)C(=O)NC(Cc2cn(CC(=O)O)c3ccccc23)C(=O)N1C. The summed E-state index contributed by atoms with van der Waals surface area (Å²) in [5.74, 6) is -21.1. The number of carboxylic acids is 2. The molecule has 2 aromatic heterocycles. The average molecular weight is 1880 g/mol. The number of nitrogens with one attached hydrogen (secondary N) is 11. The lowest BCUT2D eigenvalue weighted by Gasteiger charge is -2.36. The second kappa shape index (κ2) is 49.8. The molecule has 0 spiro atoms. The second-order valence-electron chi connectivity index (χ2n) is 33.2. The highest BCUT2D eigenvalue weighted by atomic mass is 32.2. The number of phenols is 1. The number of primary amides is 2. The fourth-order valence-electron chi connectivity index (χ4n) is 16.2. The summed E-state index contributed by atoms with van der Waals surface area (Å²) >= 11 is 0.732. The third-order valence-corrected chi connectivity index (χ3v) is 24.6. The van der Waals surface area contributed by atoms with Crippen LogP contribution >= 0.6 is 11.8 Å². The molecule has 0 aliphatic carbocycles. The van der Waals surface area contributed by atoms with Gasteiger partial charge in [0.1, 0.15) is 96.9 Å². The van der Waals surface area contributed by atoms with E-state index in [-0.39, 0.29) is 70.2 Å². The van der Waals surface area contributed by atoms with Gasteiger partial charge in [0.15, 0.2) is 0 Å². The summed E-state index contributed by atoms with van der Waals surface area (Å²) in [6.45, 7) is 1.12. The van der Waals surface area contributed by atoms with Crippen molar-refractivity contribution in [1.29, 1.82) is 0 Å². The molecule has 3 fully saturated rings. The number of aromatic hydroxyl groups is 1. The molecular formula is C87H122N22O23S. The average Bonchev–Trinajstić information content (AvgIpc) is 1.70. The lowest BCUT2D eigenvalue weighted by atomic mass is 10.00. The van der Waals surface area contributed by atoms with Gasteiger partial charge in [0, 0.05) is 119 Å². The van der Waals surface area contributed by atoms with E-state index >= 15 is 28.8 Å². The second-order valence-corrected chi connectivity index (χ2v) is 34.2. The number of aliphatic hydroxyl groups excluding tert-OH is 1. The Morgan fingerprint density at radius 2 is 1.08 bits per heavy atom. The third-order valence-electron chi connectivity index (χ3n) is 23.5. The zero-order valence-corrected chi connectivity index (χ0v) is 75.8. The highest BCUT2D eigenvalue weighted by Gasteiger charge is 2.47. The molecule has 3 saturated heterocycles. The van der Waals surface area contributed by atoms with Gasteiger partial charge in [-0.1, -0.05) is 88.1 Å². The molecule has 3 aromatic carbocycles. The maximum atomic E-state index is 15.9. The topological polar surface area (TPSA) is 693 Å². The van der Waals surface area contributed by atoms with E-state index in [0.717, 1.165) is 36.3 Å². The van der Waals surface area contributed by atoms with Crippen molar-refractivity contribution in [2.75, 3.05) is 71.9 Å². The first-order valence-electron chi connectivity index (χ1n) is 43.9. The molecule has 25 N–H and O–H groups in total. The smallest absolute Gasteiger partial charge is 0.323 e. The van der Waals surface area contributed by atoms with Crippen LogP contribution in [0, 0.1) is 0 Å². The maximum absolute atomic E-state index is 15.9. The molecule has 46 heteroatoms. The van der Waals surface area contributed by atoms with Crippen LogP contribution < -0.4 is 81.8 Å². The largest absolute Gasteiger partial charge is 0.508 e. The van der Waals surface area contributed by atoms with Gasteiger partial charge < -0.3 is 136 Å². The predicted octanol–water partition coefficient (Wildman–Crippen LogP) is -5.51. The minimum Gasteiger partial charge on any atom is -0.508 e. The zero-order valence-electron chi connectivity index (χ0n) is 74.9. The summed E-state index contributed by atoms with van der Waals surface area (Å²) in [6.07, 6.45) is -1.26. The molecule has 0 saturated carbocycles. The number of aliphatic carboxylic acids is 2. The first-order valence-corrected chi connectivity index (χ1v) is 45.1. The van der Waals surface area contributed by atoms with Crippen LogP contribution in [0.15, 0.2) is 85.2 Å². The van der Waals surface area contributed by atoms with Gasteiger partial charge >= 0.3 is 11.9 Å². The van der Waals surface area contributed by atoms with Crippen molar-refractivity contribution in [3.05, 3.63) is 102 Å². The highest BCUT2D eigenvalue weighted by molar-refractivity contribution is 8.00. The van der Waals surface area contributed by atoms with Gasteiger partial charge in [-0.25, -0.2) is 0 Å². The number of amides is 17. The Hall–Kier alpha value is -13.3. The normalized spacial score (nSPS) is 24.9. The number of benzene rings is 3. The van der Waals surface area contributed by atoms with Gasteiger partial charge in [-0.2, -0.15) is 0 Å². The Bertz CT molecular complexity index is 5070. The van der Waals surface area contributed by atoms with Gasteiger partial charge in [-0.3, -0.25) is 91.1 Å². The number of hydrogen-bond acceptors (Lipinski definition) is 25. The zero-order chi connectivity index (χ0) is 97.8. The van der Waals surface area contributed by atoms with Crippen LogP contribution in [0.4, 0.5) is 0 Å². The summed E-state index contributed by atoms with van der Waals surface area (Å²) in [6, 6.07) is -3.97. The van der Waals surface area contributed by atoms with E-state index in [2.05, 4.69) is 58.2 Å². The number of aliphatic hydroxyl groups is 1. The number of thioether (sulfide) groups is 1. The number of phenolic OH excluding ortho intramolecular Hbond substituents is 1. The standard InChI is InChI=1S/C87H122N22O23S/c1-7-9-19-65-80(125)101-62(38-90)79(124)103-63(75(120)94-40-70(92)113)44-133-45-71(114)95-58(32-47-23-25-50(110)26-24-47)83(128)104(4)46(3)74(119)99-60(36-69(91)112)86(131)108-31-15-22-66(108)81(126)102-61(37-89)78(123)97-56(27-28-72(115)116)85(130)109-42-51(111)35-68(109)82(127)98-57(33-48-39-93-54-18-13-11-16-52(48)54)77(122)96-55(29-30-88)76(121)100-59(84(129)106(6)67(20-10-8-2)87(132)105(65)5)34-49-41-107(43-73(117)118)64-21-14-12-17-53(49)64/h11-14,16-18,21,23-26,39,41,46,51,55-63,65-68,93,110-111H,7-10,15,19-20,22,27-38,40,42-45,88-90H2,1-6H3,(H2,91,112)(H2,92,113)(H,94,120)(H,95,114)(H,96,122)(H,97,123)(H,98,127)(H,99,119)(H,100,121)(H,101,125)(H,102,126)(H,103,124)(H,115,116)(H,117,118)/t46-,51+,55-,56-,57-,58-,59?,60-,61-,62-,63-,65-,66-,67-,68-/m0/s1. The number of aromatic nitrogens is 2. The van der Waals surface area contributed by atoms with E-state index in [4.69, 9.17) is 28.7 Å². The number of hydrogen-bond donors (Lipinski definition) is 20. The lowest BCUT2D eigenvalue weighted by molar-refractivity contribution is -0.149. The Kier molecular flexibility index (Phi) is 39.3. The van der Waals surface area contributed by atoms with Crippen molar-refractivity contribution in [2.45, 2.75) is 221 Å². The fourth-order valence-corrected chi connectivity index (χ4v) is 17.0. The molecule has 3 aliphatic rings. The minimum absolute atomic E-state index is 0.0524. The summed E-state index contributed by atoms with van der Waals surface area (Å²) in [5.41, 5.74) is 31.7. The van der Waals surface area contributed by atoms with E-state index in [1.54, 1.807) is 61.7 Å². The van der Waals surface area contributed by atoms with Gasteiger partial charge in [-0.05, 0) is 92.9 Å². The predicted molar refractivity (Wildman–Crippen MR) is 482 cm³/mol. The molecule has 8 rings (SSSR count). The van der Waals surface area contributed by atoms with Crippen LogP contribution in [0.25, 0.3) is 21.8 Å². The maximum Gasteiger partial charge on any atom is 0.323 e. The van der Waals surface area contributed by atoms with Crippen LogP contribution in [0.3, 0.4) is 0 Å². The minimum atomic E-state index is -1.86. The molecule has 3 aliphatic heterocycles. The number of carbonyl (C=O) groups excluding carboxylic acids is 17. The number of likely N-dealkylation sites (N-methyl/N-ethyl adjacent to an activating group) is 3. The van der Waals surface area contributed by atoms with Crippen molar-refractivity contribution in [1.82, 2.24) is 87.2 Å².